The number of nitrogens with zero attached hydrogens (tertiary/aromatic N) is 3. The van der Waals surface area contributed by atoms with E-state index in [0.717, 1.165) is 37.6 Å². The minimum absolute atomic E-state index is 0.374. The number of hydrogen-bond acceptors (Lipinski definition) is 5. The predicted octanol–water partition coefficient (Wildman–Crippen LogP) is 0.609. The number of pyridine rings is 1. The van der Waals surface area contributed by atoms with Crippen molar-refractivity contribution in [1.29, 1.82) is 0 Å². The number of anilines is 1. The maximum atomic E-state index is 9.84. The normalized spacial score (nSPS) is 17.2. The molecule has 0 aliphatic carbocycles. The molecule has 0 saturated carbocycles. The van der Waals surface area contributed by atoms with Gasteiger partial charge in [0.2, 0.25) is 0 Å². The molecule has 0 bridgehead atoms. The zero-order valence-corrected chi connectivity index (χ0v) is 12.9. The lowest BCUT2D eigenvalue weighted by atomic mass is 10.1. The monoisotopic (exact) mass is 294 g/mol. The Morgan fingerprint density at radius 3 is 2.45 bits per heavy atom. The summed E-state index contributed by atoms with van der Waals surface area (Å²) in [7, 11) is 0. The van der Waals surface area contributed by atoms with Crippen LogP contribution < -0.4 is 10.6 Å². The molecule has 110 valence electrons. The Bertz CT molecular complexity index is 461. The van der Waals surface area contributed by atoms with E-state index in [1.54, 1.807) is 6.20 Å². The van der Waals surface area contributed by atoms with Crippen LogP contribution in [0.25, 0.3) is 0 Å². The van der Waals surface area contributed by atoms with Crippen molar-refractivity contribution in [3.8, 4) is 0 Å². The molecule has 0 amide bonds. The van der Waals surface area contributed by atoms with Crippen molar-refractivity contribution < 1.29 is 5.11 Å². The average Bonchev–Trinajstić information content (AvgIpc) is 2.38. The Balaban J connectivity index is 1.92. The van der Waals surface area contributed by atoms with Crippen molar-refractivity contribution in [2.75, 3.05) is 37.6 Å². The van der Waals surface area contributed by atoms with Gasteiger partial charge in [0.05, 0.1) is 5.60 Å². The van der Waals surface area contributed by atoms with Crippen LogP contribution in [0.1, 0.15) is 19.4 Å². The fourth-order valence-electron chi connectivity index (χ4n) is 2.40. The molecule has 2 heterocycles. The van der Waals surface area contributed by atoms with Crippen LogP contribution in [0.15, 0.2) is 18.3 Å². The number of hydrogen-bond donors (Lipinski definition) is 2. The molecule has 20 heavy (non-hydrogen) atoms. The minimum atomic E-state index is -0.640. The third kappa shape index (κ3) is 4.13. The van der Waals surface area contributed by atoms with Crippen molar-refractivity contribution in [2.24, 2.45) is 5.73 Å². The molecule has 2 rings (SSSR count). The fraction of sp³-hybridized carbons (Fsp3) is 0.571. The molecule has 0 atom stereocenters. The van der Waals surface area contributed by atoms with E-state index < -0.39 is 5.60 Å². The first kappa shape index (κ1) is 15.2. The van der Waals surface area contributed by atoms with Gasteiger partial charge in [-0.25, -0.2) is 4.98 Å². The van der Waals surface area contributed by atoms with Crippen LogP contribution >= 0.6 is 12.2 Å². The molecule has 0 unspecified atom stereocenters. The zero-order chi connectivity index (χ0) is 14.8. The molecule has 1 aliphatic rings. The van der Waals surface area contributed by atoms with Gasteiger partial charge in [0.25, 0.3) is 0 Å². The lowest BCUT2D eigenvalue weighted by Crippen LogP contribution is -2.50. The minimum Gasteiger partial charge on any atom is -0.389 e. The van der Waals surface area contributed by atoms with E-state index in [1.807, 2.05) is 26.0 Å². The van der Waals surface area contributed by atoms with E-state index in [-0.39, 0.29) is 0 Å². The van der Waals surface area contributed by atoms with Crippen LogP contribution in [0, 0.1) is 0 Å². The first-order valence-electron chi connectivity index (χ1n) is 6.81. The third-order valence-corrected chi connectivity index (χ3v) is 3.57. The molecule has 1 aromatic rings. The van der Waals surface area contributed by atoms with Crippen LogP contribution in [0.4, 0.5) is 5.82 Å². The molecular weight excluding hydrogens is 272 g/mol. The van der Waals surface area contributed by atoms with Gasteiger partial charge in [-0.3, -0.25) is 4.90 Å². The lowest BCUT2D eigenvalue weighted by Gasteiger charge is -2.37. The Labute approximate surface area is 125 Å². The number of nitrogens with two attached hydrogens (primary N) is 1. The Morgan fingerprint density at radius 2 is 2.00 bits per heavy atom. The highest BCUT2D eigenvalue weighted by Crippen LogP contribution is 2.15. The summed E-state index contributed by atoms with van der Waals surface area (Å²) in [5, 5.41) is 9.84. The van der Waals surface area contributed by atoms with Gasteiger partial charge in [-0.2, -0.15) is 0 Å². The maximum Gasteiger partial charge on any atom is 0.128 e. The summed E-state index contributed by atoms with van der Waals surface area (Å²) in [5.41, 5.74) is 5.72. The second-order valence-corrected chi connectivity index (χ2v) is 6.28. The summed E-state index contributed by atoms with van der Waals surface area (Å²) in [6, 6.07) is 3.87. The molecule has 1 fully saturated rings. The summed E-state index contributed by atoms with van der Waals surface area (Å²) in [4.78, 5) is 9.31. The van der Waals surface area contributed by atoms with E-state index in [2.05, 4.69) is 14.8 Å². The number of rotatable bonds is 4. The Hall–Kier alpha value is -1.24. The number of thiocarbonyl (C=S) groups is 1. The van der Waals surface area contributed by atoms with Crippen LogP contribution in [-0.4, -0.2) is 58.3 Å². The van der Waals surface area contributed by atoms with Crippen molar-refractivity contribution in [3.63, 3.8) is 0 Å². The second-order valence-electron chi connectivity index (χ2n) is 5.84. The molecule has 5 nitrogen and oxygen atoms in total. The zero-order valence-electron chi connectivity index (χ0n) is 12.0. The van der Waals surface area contributed by atoms with Crippen molar-refractivity contribution in [3.05, 3.63) is 23.9 Å². The van der Waals surface area contributed by atoms with E-state index in [9.17, 15) is 5.11 Å². The fourth-order valence-corrected chi connectivity index (χ4v) is 2.52. The molecule has 1 saturated heterocycles. The van der Waals surface area contributed by atoms with Gasteiger partial charge >= 0.3 is 0 Å². The summed E-state index contributed by atoms with van der Waals surface area (Å²) in [5.74, 6) is 0.952. The van der Waals surface area contributed by atoms with E-state index in [0.29, 0.717) is 11.5 Å². The number of aliphatic hydroxyl groups is 1. The summed E-state index contributed by atoms with van der Waals surface area (Å²) in [6.07, 6.45) is 1.72. The van der Waals surface area contributed by atoms with E-state index in [1.165, 1.54) is 0 Å². The highest BCUT2D eigenvalue weighted by molar-refractivity contribution is 7.80. The second kappa shape index (κ2) is 6.03. The number of β-amino-alcohol motifs (C(OH)–C–C–N with tert-alkyl or cyclic N) is 1. The van der Waals surface area contributed by atoms with E-state index in [4.69, 9.17) is 18.0 Å². The quantitative estimate of drug-likeness (QED) is 0.793. The average molecular weight is 294 g/mol. The van der Waals surface area contributed by atoms with Crippen molar-refractivity contribution in [2.45, 2.75) is 19.4 Å². The van der Waals surface area contributed by atoms with Crippen LogP contribution in [-0.2, 0) is 0 Å². The van der Waals surface area contributed by atoms with Gasteiger partial charge in [-0.05, 0) is 26.0 Å². The van der Waals surface area contributed by atoms with Crippen LogP contribution in [0.5, 0.6) is 0 Å². The Kier molecular flexibility index (Phi) is 4.57. The van der Waals surface area contributed by atoms with Crippen molar-refractivity contribution in [1.82, 2.24) is 9.88 Å². The lowest BCUT2D eigenvalue weighted by molar-refractivity contribution is 0.0344. The standard InChI is InChI=1S/C14H22N4OS/c1-14(2,19)10-17-5-7-18(8-6-17)12-4-3-11(9-16-12)13(15)20/h3-4,9,19H,5-8,10H2,1-2H3,(H2,15,20). The third-order valence-electron chi connectivity index (χ3n) is 3.34. The van der Waals surface area contributed by atoms with Gasteiger partial charge < -0.3 is 15.7 Å². The number of piperazine rings is 1. The highest BCUT2D eigenvalue weighted by Gasteiger charge is 2.23. The summed E-state index contributed by atoms with van der Waals surface area (Å²) in [6.45, 7) is 8.08. The molecule has 1 aromatic heterocycles. The predicted molar refractivity (Wildman–Crippen MR) is 85.1 cm³/mol. The van der Waals surface area contributed by atoms with Gasteiger partial charge in [0.15, 0.2) is 0 Å². The van der Waals surface area contributed by atoms with Crippen molar-refractivity contribution >= 4 is 23.0 Å². The maximum absolute atomic E-state index is 9.84. The molecule has 0 spiro atoms. The topological polar surface area (TPSA) is 65.6 Å². The molecule has 0 aromatic carbocycles. The van der Waals surface area contributed by atoms with Crippen LogP contribution in [0.2, 0.25) is 0 Å². The van der Waals surface area contributed by atoms with Gasteiger partial charge in [0.1, 0.15) is 10.8 Å². The summed E-state index contributed by atoms with van der Waals surface area (Å²) < 4.78 is 0. The molecule has 3 N–H and O–H groups in total. The van der Waals surface area contributed by atoms with E-state index >= 15 is 0 Å². The Morgan fingerprint density at radius 1 is 1.35 bits per heavy atom. The smallest absolute Gasteiger partial charge is 0.128 e. The van der Waals surface area contributed by atoms with Crippen LogP contribution in [0.3, 0.4) is 0 Å². The molecule has 0 radical (unpaired) electrons. The highest BCUT2D eigenvalue weighted by atomic mass is 32.1. The molecular formula is C14H22N4OS. The van der Waals surface area contributed by atoms with Gasteiger partial charge in [-0.15, -0.1) is 0 Å². The number of aromatic nitrogens is 1. The largest absolute Gasteiger partial charge is 0.389 e. The first-order chi connectivity index (χ1) is 9.35. The molecule has 6 heteroatoms. The SMILES string of the molecule is CC(C)(O)CN1CCN(c2ccc(C(N)=S)cn2)CC1. The van der Waals surface area contributed by atoms with Gasteiger partial charge in [-0.1, -0.05) is 12.2 Å². The first-order valence-corrected chi connectivity index (χ1v) is 7.21. The summed E-state index contributed by atoms with van der Waals surface area (Å²) >= 11 is 4.92. The van der Waals surface area contributed by atoms with Gasteiger partial charge in [0, 0.05) is 44.5 Å². The molecule has 1 aliphatic heterocycles.